The van der Waals surface area contributed by atoms with Gasteiger partial charge < -0.3 is 5.32 Å². The van der Waals surface area contributed by atoms with Crippen LogP contribution in [0.1, 0.15) is 25.7 Å². The molecule has 1 atom stereocenters. The zero-order chi connectivity index (χ0) is 14.2. The van der Waals surface area contributed by atoms with E-state index in [1.54, 1.807) is 22.5 Å². The Morgan fingerprint density at radius 2 is 2.10 bits per heavy atom. The molecule has 4 nitrogen and oxygen atoms in total. The van der Waals surface area contributed by atoms with Crippen LogP contribution in [0.5, 0.6) is 0 Å². The minimum atomic E-state index is -3.38. The maximum atomic E-state index is 12.8. The molecule has 2 aliphatic rings. The third kappa shape index (κ3) is 3.08. The number of nitrogens with one attached hydrogen (secondary N) is 1. The predicted octanol–water partition coefficient (Wildman–Crippen LogP) is 2.35. The number of halogens is 1. The summed E-state index contributed by atoms with van der Waals surface area (Å²) in [5, 5.41) is 3.39. The van der Waals surface area contributed by atoms with Crippen molar-refractivity contribution in [1.82, 2.24) is 9.62 Å². The second-order valence-corrected chi connectivity index (χ2v) is 8.36. The van der Waals surface area contributed by atoms with E-state index >= 15 is 0 Å². The number of sulfonamides is 1. The molecule has 110 valence electrons. The van der Waals surface area contributed by atoms with Gasteiger partial charge in [0.2, 0.25) is 10.0 Å². The van der Waals surface area contributed by atoms with Gasteiger partial charge in [0.1, 0.15) is 0 Å². The quantitative estimate of drug-likeness (QED) is 0.878. The van der Waals surface area contributed by atoms with E-state index in [-0.39, 0.29) is 6.04 Å². The van der Waals surface area contributed by atoms with Crippen molar-refractivity contribution in [3.05, 3.63) is 28.7 Å². The molecule has 6 heteroatoms. The summed E-state index contributed by atoms with van der Waals surface area (Å²) >= 11 is 3.35. The third-order valence-electron chi connectivity index (χ3n) is 3.92. The Morgan fingerprint density at radius 1 is 1.30 bits per heavy atom. The Hall–Kier alpha value is -0.430. The van der Waals surface area contributed by atoms with Gasteiger partial charge in [-0.1, -0.05) is 22.0 Å². The molecule has 2 fully saturated rings. The first-order valence-corrected chi connectivity index (χ1v) is 9.31. The molecule has 1 unspecified atom stereocenters. The summed E-state index contributed by atoms with van der Waals surface area (Å²) in [4.78, 5) is 0.386. The van der Waals surface area contributed by atoms with Crippen LogP contribution in [0.2, 0.25) is 0 Å². The smallest absolute Gasteiger partial charge is 0.243 e. The van der Waals surface area contributed by atoms with E-state index in [9.17, 15) is 8.42 Å². The molecule has 0 spiro atoms. The molecule has 0 radical (unpaired) electrons. The highest BCUT2D eigenvalue weighted by Crippen LogP contribution is 2.33. The summed E-state index contributed by atoms with van der Waals surface area (Å²) in [6.45, 7) is 1.60. The number of nitrogens with zero attached hydrogens (tertiary/aromatic N) is 1. The molecule has 0 amide bonds. The summed E-state index contributed by atoms with van der Waals surface area (Å²) in [7, 11) is -3.38. The molecule has 1 N–H and O–H groups in total. The maximum Gasteiger partial charge on any atom is 0.243 e. The first-order valence-electron chi connectivity index (χ1n) is 7.08. The zero-order valence-electron chi connectivity index (χ0n) is 11.3. The van der Waals surface area contributed by atoms with Crippen molar-refractivity contribution in [3.8, 4) is 0 Å². The number of hydrogen-bond donors (Lipinski definition) is 1. The van der Waals surface area contributed by atoms with E-state index in [4.69, 9.17) is 0 Å². The van der Waals surface area contributed by atoms with Crippen LogP contribution in [0, 0.1) is 0 Å². The van der Waals surface area contributed by atoms with Crippen molar-refractivity contribution >= 4 is 26.0 Å². The first-order chi connectivity index (χ1) is 9.57. The molecule has 1 aromatic carbocycles. The van der Waals surface area contributed by atoms with E-state index in [1.807, 2.05) is 6.07 Å². The minimum absolute atomic E-state index is 0.196. The molecule has 0 aromatic heterocycles. The summed E-state index contributed by atoms with van der Waals surface area (Å²) in [6, 6.07) is 7.48. The average molecular weight is 359 g/mol. The fourth-order valence-electron chi connectivity index (χ4n) is 2.70. The second-order valence-electron chi connectivity index (χ2n) is 5.56. The van der Waals surface area contributed by atoms with Crippen LogP contribution in [0.15, 0.2) is 33.6 Å². The Bertz CT molecular complexity index is 581. The van der Waals surface area contributed by atoms with E-state index in [0.29, 0.717) is 17.5 Å². The SMILES string of the molecule is O=S(=O)(c1cccc(Br)c1)N(CC1CCCN1)C1CC1. The van der Waals surface area contributed by atoms with Crippen LogP contribution in [0.4, 0.5) is 0 Å². The van der Waals surface area contributed by atoms with E-state index in [2.05, 4.69) is 21.2 Å². The standard InChI is InChI=1S/C14H19BrN2O2S/c15-11-3-1-5-14(9-11)20(18,19)17(13-6-7-13)10-12-4-2-8-16-12/h1,3,5,9,12-13,16H,2,4,6-8,10H2. The summed E-state index contributed by atoms with van der Waals surface area (Å²) < 4.78 is 28.2. The fourth-order valence-corrected chi connectivity index (χ4v) is 5.03. The lowest BCUT2D eigenvalue weighted by molar-refractivity contribution is 0.363. The molecule has 1 saturated carbocycles. The molecular formula is C14H19BrN2O2S. The van der Waals surface area contributed by atoms with Crippen LogP contribution in [0.3, 0.4) is 0 Å². The van der Waals surface area contributed by atoms with Crippen LogP contribution in [-0.4, -0.2) is 37.9 Å². The maximum absolute atomic E-state index is 12.8. The molecule has 20 heavy (non-hydrogen) atoms. The second kappa shape index (κ2) is 5.75. The summed E-state index contributed by atoms with van der Waals surface area (Å²) in [5.41, 5.74) is 0. The Labute approximate surface area is 128 Å². The largest absolute Gasteiger partial charge is 0.313 e. The lowest BCUT2D eigenvalue weighted by Gasteiger charge is -2.25. The van der Waals surface area contributed by atoms with Gasteiger partial charge in [-0.25, -0.2) is 8.42 Å². The Kier molecular flexibility index (Phi) is 4.17. The van der Waals surface area contributed by atoms with Gasteiger partial charge in [-0.2, -0.15) is 4.31 Å². The first kappa shape index (κ1) is 14.5. The molecular weight excluding hydrogens is 340 g/mol. The molecule has 3 rings (SSSR count). The average Bonchev–Trinajstić information content (AvgIpc) is 3.12. The van der Waals surface area contributed by atoms with Crippen molar-refractivity contribution in [3.63, 3.8) is 0 Å². The monoisotopic (exact) mass is 358 g/mol. The van der Waals surface area contributed by atoms with Gasteiger partial charge in [-0.3, -0.25) is 0 Å². The van der Waals surface area contributed by atoms with Gasteiger partial charge in [-0.05, 0) is 50.4 Å². The highest BCUT2D eigenvalue weighted by atomic mass is 79.9. The fraction of sp³-hybridized carbons (Fsp3) is 0.571. The van der Waals surface area contributed by atoms with E-state index < -0.39 is 10.0 Å². The normalized spacial score (nSPS) is 23.4. The van der Waals surface area contributed by atoms with Crippen LogP contribution < -0.4 is 5.32 Å². The van der Waals surface area contributed by atoms with E-state index in [0.717, 1.165) is 36.7 Å². The Morgan fingerprint density at radius 3 is 2.70 bits per heavy atom. The van der Waals surface area contributed by atoms with Crippen molar-refractivity contribution < 1.29 is 8.42 Å². The Balaban J connectivity index is 1.85. The van der Waals surface area contributed by atoms with Gasteiger partial charge in [0.25, 0.3) is 0 Å². The summed E-state index contributed by atoms with van der Waals surface area (Å²) in [6.07, 6.45) is 4.18. The minimum Gasteiger partial charge on any atom is -0.313 e. The van der Waals surface area contributed by atoms with E-state index in [1.165, 1.54) is 0 Å². The number of rotatable bonds is 5. The van der Waals surface area contributed by atoms with Gasteiger partial charge in [0.15, 0.2) is 0 Å². The van der Waals surface area contributed by atoms with Crippen molar-refractivity contribution in [2.75, 3.05) is 13.1 Å². The highest BCUT2D eigenvalue weighted by molar-refractivity contribution is 9.10. The molecule has 1 saturated heterocycles. The molecule has 1 aromatic rings. The summed E-state index contributed by atoms with van der Waals surface area (Å²) in [5.74, 6) is 0. The number of benzene rings is 1. The van der Waals surface area contributed by atoms with Crippen LogP contribution >= 0.6 is 15.9 Å². The zero-order valence-corrected chi connectivity index (χ0v) is 13.7. The molecule has 1 heterocycles. The lowest BCUT2D eigenvalue weighted by Crippen LogP contribution is -2.42. The van der Waals surface area contributed by atoms with Crippen molar-refractivity contribution in [2.24, 2.45) is 0 Å². The third-order valence-corrected chi connectivity index (χ3v) is 6.33. The van der Waals surface area contributed by atoms with Crippen molar-refractivity contribution in [2.45, 2.75) is 42.7 Å². The predicted molar refractivity (Wildman–Crippen MR) is 82.1 cm³/mol. The molecule has 1 aliphatic carbocycles. The molecule has 1 aliphatic heterocycles. The molecule has 0 bridgehead atoms. The topological polar surface area (TPSA) is 49.4 Å². The van der Waals surface area contributed by atoms with Gasteiger partial charge in [-0.15, -0.1) is 0 Å². The van der Waals surface area contributed by atoms with Crippen LogP contribution in [0.25, 0.3) is 0 Å². The highest BCUT2D eigenvalue weighted by Gasteiger charge is 2.39. The van der Waals surface area contributed by atoms with Crippen molar-refractivity contribution in [1.29, 1.82) is 0 Å². The number of hydrogen-bond acceptors (Lipinski definition) is 3. The van der Waals surface area contributed by atoms with Gasteiger partial charge >= 0.3 is 0 Å². The van der Waals surface area contributed by atoms with Gasteiger partial charge in [0.05, 0.1) is 4.90 Å². The van der Waals surface area contributed by atoms with Crippen LogP contribution in [-0.2, 0) is 10.0 Å². The van der Waals surface area contributed by atoms with Gasteiger partial charge in [0, 0.05) is 23.1 Å². The lowest BCUT2D eigenvalue weighted by atomic mass is 10.2.